The average molecular weight is 228 g/mol. The lowest BCUT2D eigenvalue weighted by molar-refractivity contribution is -0.118. The van der Waals surface area contributed by atoms with Crippen LogP contribution in [-0.2, 0) is 4.79 Å². The van der Waals surface area contributed by atoms with E-state index in [1.165, 1.54) is 0 Å². The van der Waals surface area contributed by atoms with Crippen molar-refractivity contribution < 1.29 is 14.3 Å². The lowest BCUT2D eigenvalue weighted by atomic mass is 10.2. The maximum atomic E-state index is 11.0. The fraction of sp³-hybridized carbons (Fsp3) is 0.300. The van der Waals surface area contributed by atoms with Crippen molar-refractivity contribution in [2.45, 2.75) is 0 Å². The third kappa shape index (κ3) is 2.33. The van der Waals surface area contributed by atoms with Gasteiger partial charge in [0.2, 0.25) is 0 Å². The molecule has 1 amide bonds. The predicted octanol–water partition coefficient (Wildman–Crippen LogP) is 1.64. The van der Waals surface area contributed by atoms with Gasteiger partial charge < -0.3 is 14.8 Å². The molecular formula is C10H10ClNO3. The molecule has 1 heterocycles. The van der Waals surface area contributed by atoms with Crippen molar-refractivity contribution in [1.82, 2.24) is 0 Å². The third-order valence-electron chi connectivity index (χ3n) is 1.93. The summed E-state index contributed by atoms with van der Waals surface area (Å²) >= 11 is 5.50. The summed E-state index contributed by atoms with van der Waals surface area (Å²) in [5.74, 6) is 1.61. The van der Waals surface area contributed by atoms with Gasteiger partial charge >= 0.3 is 0 Å². The molecule has 4 nitrogen and oxygen atoms in total. The van der Waals surface area contributed by atoms with Crippen LogP contribution in [0.25, 0.3) is 0 Å². The van der Waals surface area contributed by atoms with Crippen molar-refractivity contribution in [2.24, 2.45) is 0 Å². The lowest BCUT2D eigenvalue weighted by Crippen LogP contribution is -2.25. The molecule has 80 valence electrons. The Labute approximate surface area is 92.1 Å². The number of fused-ring (bicyclic) bond motifs is 1. The molecule has 2 rings (SSSR count). The molecule has 0 atom stereocenters. The molecule has 0 unspecified atom stereocenters. The summed E-state index contributed by atoms with van der Waals surface area (Å²) in [5, 5.41) is 2.70. The SMILES string of the molecule is O=C1COc2cc(OCCCl)ccc2N1. The Kier molecular flexibility index (Phi) is 2.97. The number of alkyl halides is 1. The highest BCUT2D eigenvalue weighted by atomic mass is 35.5. The smallest absolute Gasteiger partial charge is 0.262 e. The first-order chi connectivity index (χ1) is 7.29. The van der Waals surface area contributed by atoms with Crippen molar-refractivity contribution in [2.75, 3.05) is 24.4 Å². The molecule has 1 aromatic rings. The van der Waals surface area contributed by atoms with Crippen molar-refractivity contribution >= 4 is 23.2 Å². The van der Waals surface area contributed by atoms with Crippen LogP contribution in [0.15, 0.2) is 18.2 Å². The van der Waals surface area contributed by atoms with Crippen molar-refractivity contribution in [3.05, 3.63) is 18.2 Å². The Morgan fingerprint density at radius 3 is 3.20 bits per heavy atom. The summed E-state index contributed by atoms with van der Waals surface area (Å²) in [6, 6.07) is 5.25. The second-order valence-corrected chi connectivity index (χ2v) is 3.41. The van der Waals surface area contributed by atoms with Gasteiger partial charge in [0.1, 0.15) is 18.1 Å². The number of halogens is 1. The Bertz CT molecular complexity index is 381. The first kappa shape index (κ1) is 10.1. The van der Waals surface area contributed by atoms with Crippen LogP contribution >= 0.6 is 11.6 Å². The molecule has 0 spiro atoms. The zero-order valence-corrected chi connectivity index (χ0v) is 8.71. The quantitative estimate of drug-likeness (QED) is 0.799. The van der Waals surface area contributed by atoms with Crippen LogP contribution in [-0.4, -0.2) is 25.0 Å². The van der Waals surface area contributed by atoms with E-state index in [2.05, 4.69) is 5.32 Å². The number of ether oxygens (including phenoxy) is 2. The van der Waals surface area contributed by atoms with E-state index in [9.17, 15) is 4.79 Å². The molecule has 0 radical (unpaired) electrons. The molecular weight excluding hydrogens is 218 g/mol. The fourth-order valence-electron chi connectivity index (χ4n) is 1.30. The maximum Gasteiger partial charge on any atom is 0.262 e. The van der Waals surface area contributed by atoms with Gasteiger partial charge in [0.15, 0.2) is 6.61 Å². The molecule has 1 aliphatic heterocycles. The summed E-state index contributed by atoms with van der Waals surface area (Å²) in [6.07, 6.45) is 0. The van der Waals surface area contributed by atoms with Crippen LogP contribution < -0.4 is 14.8 Å². The summed E-state index contributed by atoms with van der Waals surface area (Å²) in [7, 11) is 0. The Morgan fingerprint density at radius 2 is 2.40 bits per heavy atom. The Morgan fingerprint density at radius 1 is 1.53 bits per heavy atom. The van der Waals surface area contributed by atoms with Crippen molar-refractivity contribution in [3.8, 4) is 11.5 Å². The van der Waals surface area contributed by atoms with Crippen LogP contribution in [0.1, 0.15) is 0 Å². The fourth-order valence-corrected chi connectivity index (χ4v) is 1.38. The topological polar surface area (TPSA) is 47.6 Å². The van der Waals surface area contributed by atoms with Crippen molar-refractivity contribution in [1.29, 1.82) is 0 Å². The number of hydrogen-bond acceptors (Lipinski definition) is 3. The second kappa shape index (κ2) is 4.40. The number of nitrogens with one attached hydrogen (secondary N) is 1. The summed E-state index contributed by atoms with van der Waals surface area (Å²) in [5.41, 5.74) is 0.671. The molecule has 0 saturated heterocycles. The minimum Gasteiger partial charge on any atom is -0.492 e. The van der Waals surface area contributed by atoms with Gasteiger partial charge in [0.25, 0.3) is 5.91 Å². The molecule has 0 aromatic heterocycles. The third-order valence-corrected chi connectivity index (χ3v) is 2.09. The zero-order chi connectivity index (χ0) is 10.7. The average Bonchev–Trinajstić information content (AvgIpc) is 2.26. The molecule has 1 N–H and O–H groups in total. The first-order valence-corrected chi connectivity index (χ1v) is 5.08. The molecule has 1 aromatic carbocycles. The van der Waals surface area contributed by atoms with Gasteiger partial charge in [-0.15, -0.1) is 11.6 Å². The number of benzene rings is 1. The van der Waals surface area contributed by atoms with Gasteiger partial charge in [-0.2, -0.15) is 0 Å². The monoisotopic (exact) mass is 227 g/mol. The highest BCUT2D eigenvalue weighted by Crippen LogP contribution is 2.31. The minimum atomic E-state index is -0.142. The number of amides is 1. The summed E-state index contributed by atoms with van der Waals surface area (Å²) in [4.78, 5) is 11.0. The van der Waals surface area contributed by atoms with Crippen LogP contribution in [0.3, 0.4) is 0 Å². The van der Waals surface area contributed by atoms with Gasteiger partial charge in [0, 0.05) is 6.07 Å². The first-order valence-electron chi connectivity index (χ1n) is 4.55. The highest BCUT2D eigenvalue weighted by molar-refractivity contribution is 6.18. The highest BCUT2D eigenvalue weighted by Gasteiger charge is 2.15. The summed E-state index contributed by atoms with van der Waals surface area (Å²) in [6.45, 7) is 0.499. The molecule has 0 bridgehead atoms. The molecule has 0 saturated carbocycles. The van der Waals surface area contributed by atoms with E-state index in [1.807, 2.05) is 0 Å². The van der Waals surface area contributed by atoms with Gasteiger partial charge in [-0.3, -0.25) is 4.79 Å². The minimum absolute atomic E-state index is 0.0476. The largest absolute Gasteiger partial charge is 0.492 e. The number of carbonyl (C=O) groups excluding carboxylic acids is 1. The van der Waals surface area contributed by atoms with E-state index in [4.69, 9.17) is 21.1 Å². The van der Waals surface area contributed by atoms with Gasteiger partial charge in [-0.05, 0) is 12.1 Å². The predicted molar refractivity (Wildman–Crippen MR) is 56.8 cm³/mol. The van der Waals surface area contributed by atoms with Crippen LogP contribution in [0, 0.1) is 0 Å². The van der Waals surface area contributed by atoms with Gasteiger partial charge in [0.05, 0.1) is 11.6 Å². The Balaban J connectivity index is 2.15. The Hall–Kier alpha value is -1.42. The van der Waals surface area contributed by atoms with Crippen LogP contribution in [0.2, 0.25) is 0 Å². The van der Waals surface area contributed by atoms with E-state index in [1.54, 1.807) is 18.2 Å². The van der Waals surface area contributed by atoms with Crippen LogP contribution in [0.4, 0.5) is 5.69 Å². The number of hydrogen-bond donors (Lipinski definition) is 1. The summed E-state index contributed by atoms with van der Waals surface area (Å²) < 4.78 is 10.6. The van der Waals surface area contributed by atoms with Gasteiger partial charge in [-0.1, -0.05) is 0 Å². The van der Waals surface area contributed by atoms with E-state index >= 15 is 0 Å². The number of anilines is 1. The van der Waals surface area contributed by atoms with E-state index < -0.39 is 0 Å². The molecule has 5 heteroatoms. The zero-order valence-electron chi connectivity index (χ0n) is 7.96. The molecule has 0 aliphatic carbocycles. The standard InChI is InChI=1S/C10H10ClNO3/c11-3-4-14-7-1-2-8-9(5-7)15-6-10(13)12-8/h1-2,5H,3-4,6H2,(H,12,13). The lowest BCUT2D eigenvalue weighted by Gasteiger charge is -2.18. The van der Waals surface area contributed by atoms with Gasteiger partial charge in [-0.25, -0.2) is 0 Å². The van der Waals surface area contributed by atoms with Crippen LogP contribution in [0.5, 0.6) is 11.5 Å². The van der Waals surface area contributed by atoms with Crippen molar-refractivity contribution in [3.63, 3.8) is 0 Å². The van der Waals surface area contributed by atoms with E-state index in [-0.39, 0.29) is 12.5 Å². The normalized spacial score (nSPS) is 13.8. The van der Waals surface area contributed by atoms with E-state index in [0.29, 0.717) is 29.7 Å². The number of carbonyl (C=O) groups is 1. The maximum absolute atomic E-state index is 11.0. The second-order valence-electron chi connectivity index (χ2n) is 3.03. The van der Waals surface area contributed by atoms with E-state index in [0.717, 1.165) is 0 Å². The molecule has 0 fully saturated rings. The number of rotatable bonds is 3. The molecule has 15 heavy (non-hydrogen) atoms. The molecule has 1 aliphatic rings.